The standard InChI is InChI=1S/C24H32ClNO/c1-26(2)18-22-17-21(16-20-8-10-23(25)11-9-20)13-15-24(22,27)14-12-19-6-4-3-5-7-19/h3-11,21-22,27H,12-18H2,1-2H3. The monoisotopic (exact) mass is 385 g/mol. The van der Waals surface area contributed by atoms with Gasteiger partial charge in [-0.25, -0.2) is 0 Å². The molecular formula is C24H32ClNO. The molecule has 0 spiro atoms. The summed E-state index contributed by atoms with van der Waals surface area (Å²) in [5.74, 6) is 0.954. The molecule has 3 atom stereocenters. The van der Waals surface area contributed by atoms with Gasteiger partial charge in [-0.1, -0.05) is 54.1 Å². The highest BCUT2D eigenvalue weighted by molar-refractivity contribution is 6.30. The molecule has 0 heterocycles. The molecule has 1 N–H and O–H groups in total. The van der Waals surface area contributed by atoms with Crippen molar-refractivity contribution in [3.63, 3.8) is 0 Å². The van der Waals surface area contributed by atoms with Gasteiger partial charge in [0.1, 0.15) is 0 Å². The summed E-state index contributed by atoms with van der Waals surface area (Å²) >= 11 is 6.02. The Hall–Kier alpha value is -1.35. The van der Waals surface area contributed by atoms with Crippen LogP contribution in [0.2, 0.25) is 5.02 Å². The van der Waals surface area contributed by atoms with E-state index in [0.717, 1.165) is 50.1 Å². The summed E-state index contributed by atoms with van der Waals surface area (Å²) in [5.41, 5.74) is 2.11. The van der Waals surface area contributed by atoms with Crippen molar-refractivity contribution in [1.82, 2.24) is 4.90 Å². The fraction of sp³-hybridized carbons (Fsp3) is 0.500. The van der Waals surface area contributed by atoms with Crippen molar-refractivity contribution in [2.45, 2.75) is 44.1 Å². The van der Waals surface area contributed by atoms with Crippen LogP contribution in [0.5, 0.6) is 0 Å². The van der Waals surface area contributed by atoms with Gasteiger partial charge in [0.05, 0.1) is 5.60 Å². The fourth-order valence-electron chi connectivity index (χ4n) is 4.56. The van der Waals surface area contributed by atoms with Gasteiger partial charge in [0, 0.05) is 17.5 Å². The summed E-state index contributed by atoms with van der Waals surface area (Å²) in [5, 5.41) is 12.3. The number of aryl methyl sites for hydroxylation is 1. The first-order chi connectivity index (χ1) is 12.9. The minimum Gasteiger partial charge on any atom is -0.390 e. The van der Waals surface area contributed by atoms with Crippen molar-refractivity contribution in [2.75, 3.05) is 20.6 Å². The number of halogens is 1. The zero-order chi connectivity index (χ0) is 19.3. The van der Waals surface area contributed by atoms with Crippen LogP contribution in [0.15, 0.2) is 54.6 Å². The van der Waals surface area contributed by atoms with E-state index in [1.54, 1.807) is 0 Å². The fourth-order valence-corrected chi connectivity index (χ4v) is 4.68. The quantitative estimate of drug-likeness (QED) is 0.705. The van der Waals surface area contributed by atoms with E-state index in [1.807, 2.05) is 12.1 Å². The van der Waals surface area contributed by atoms with Crippen LogP contribution in [0.1, 0.15) is 36.8 Å². The molecule has 1 aliphatic rings. The van der Waals surface area contributed by atoms with E-state index in [-0.39, 0.29) is 0 Å². The van der Waals surface area contributed by atoms with Crippen molar-refractivity contribution in [1.29, 1.82) is 0 Å². The number of hydrogen-bond acceptors (Lipinski definition) is 2. The van der Waals surface area contributed by atoms with Gasteiger partial charge in [-0.05, 0) is 81.8 Å². The summed E-state index contributed by atoms with van der Waals surface area (Å²) in [6, 6.07) is 18.8. The van der Waals surface area contributed by atoms with E-state index in [4.69, 9.17) is 11.6 Å². The Labute approximate surface area is 169 Å². The van der Waals surface area contributed by atoms with Gasteiger partial charge in [0.2, 0.25) is 0 Å². The first kappa shape index (κ1) is 20.4. The predicted molar refractivity (Wildman–Crippen MR) is 114 cm³/mol. The lowest BCUT2D eigenvalue weighted by molar-refractivity contribution is -0.0746. The zero-order valence-electron chi connectivity index (χ0n) is 16.6. The molecule has 0 bridgehead atoms. The number of hydrogen-bond donors (Lipinski definition) is 1. The maximum Gasteiger partial charge on any atom is 0.0691 e. The number of benzene rings is 2. The molecule has 1 fully saturated rings. The highest BCUT2D eigenvalue weighted by atomic mass is 35.5. The van der Waals surface area contributed by atoms with Gasteiger partial charge in [0.15, 0.2) is 0 Å². The third-order valence-corrected chi connectivity index (χ3v) is 6.33. The van der Waals surface area contributed by atoms with Crippen molar-refractivity contribution in [2.24, 2.45) is 11.8 Å². The van der Waals surface area contributed by atoms with Crippen LogP contribution in [0, 0.1) is 11.8 Å². The Bertz CT molecular complexity index is 700. The summed E-state index contributed by atoms with van der Waals surface area (Å²) < 4.78 is 0. The number of aliphatic hydroxyl groups is 1. The van der Waals surface area contributed by atoms with Gasteiger partial charge in [0.25, 0.3) is 0 Å². The van der Waals surface area contributed by atoms with Crippen LogP contribution in [-0.4, -0.2) is 36.2 Å². The maximum absolute atomic E-state index is 11.5. The van der Waals surface area contributed by atoms with E-state index in [1.165, 1.54) is 11.1 Å². The highest BCUT2D eigenvalue weighted by Crippen LogP contribution is 2.41. The third-order valence-electron chi connectivity index (χ3n) is 6.08. The molecule has 3 rings (SSSR count). The Morgan fingerprint density at radius 2 is 1.74 bits per heavy atom. The maximum atomic E-state index is 11.5. The zero-order valence-corrected chi connectivity index (χ0v) is 17.3. The van der Waals surface area contributed by atoms with Gasteiger partial charge in [-0.15, -0.1) is 0 Å². The second-order valence-electron chi connectivity index (χ2n) is 8.52. The molecule has 27 heavy (non-hydrogen) atoms. The van der Waals surface area contributed by atoms with Crippen molar-refractivity contribution < 1.29 is 5.11 Å². The molecule has 0 aliphatic heterocycles. The van der Waals surface area contributed by atoms with Crippen LogP contribution in [0.25, 0.3) is 0 Å². The van der Waals surface area contributed by atoms with Gasteiger partial charge >= 0.3 is 0 Å². The Morgan fingerprint density at radius 3 is 2.41 bits per heavy atom. The van der Waals surface area contributed by atoms with E-state index in [9.17, 15) is 5.11 Å². The van der Waals surface area contributed by atoms with E-state index < -0.39 is 5.60 Å². The van der Waals surface area contributed by atoms with Crippen molar-refractivity contribution in [3.8, 4) is 0 Å². The SMILES string of the molecule is CN(C)CC1CC(Cc2ccc(Cl)cc2)CCC1(O)CCc1ccccc1. The van der Waals surface area contributed by atoms with Gasteiger partial charge in [-0.2, -0.15) is 0 Å². The lowest BCUT2D eigenvalue weighted by Crippen LogP contribution is -2.47. The molecule has 2 aromatic carbocycles. The van der Waals surface area contributed by atoms with Crippen LogP contribution >= 0.6 is 11.6 Å². The second-order valence-corrected chi connectivity index (χ2v) is 8.96. The van der Waals surface area contributed by atoms with Crippen LogP contribution in [0.3, 0.4) is 0 Å². The topological polar surface area (TPSA) is 23.5 Å². The number of nitrogens with zero attached hydrogens (tertiary/aromatic N) is 1. The van der Waals surface area contributed by atoms with Crippen LogP contribution in [0.4, 0.5) is 0 Å². The average Bonchev–Trinajstić information content (AvgIpc) is 2.65. The molecule has 0 aromatic heterocycles. The third kappa shape index (κ3) is 5.81. The van der Waals surface area contributed by atoms with Crippen molar-refractivity contribution >= 4 is 11.6 Å². The molecule has 2 aromatic rings. The first-order valence-electron chi connectivity index (χ1n) is 10.1. The minimum atomic E-state index is -0.559. The van der Waals surface area contributed by atoms with E-state index >= 15 is 0 Å². The largest absolute Gasteiger partial charge is 0.390 e. The molecule has 146 valence electrons. The van der Waals surface area contributed by atoms with Crippen molar-refractivity contribution in [3.05, 3.63) is 70.7 Å². The normalized spacial score (nSPS) is 25.7. The Kier molecular flexibility index (Phi) is 6.97. The average molecular weight is 386 g/mol. The summed E-state index contributed by atoms with van der Waals surface area (Å²) in [4.78, 5) is 2.23. The second kappa shape index (κ2) is 9.23. The summed E-state index contributed by atoms with van der Waals surface area (Å²) in [7, 11) is 4.22. The summed E-state index contributed by atoms with van der Waals surface area (Å²) in [6.45, 7) is 0.947. The molecule has 0 amide bonds. The molecular weight excluding hydrogens is 354 g/mol. The Morgan fingerprint density at radius 1 is 1.04 bits per heavy atom. The molecule has 3 heteroatoms. The molecule has 1 saturated carbocycles. The van der Waals surface area contributed by atoms with Crippen LogP contribution in [-0.2, 0) is 12.8 Å². The van der Waals surface area contributed by atoms with E-state index in [0.29, 0.717) is 11.8 Å². The van der Waals surface area contributed by atoms with Gasteiger partial charge < -0.3 is 10.0 Å². The molecule has 3 unspecified atom stereocenters. The number of rotatable bonds is 7. The molecule has 2 nitrogen and oxygen atoms in total. The van der Waals surface area contributed by atoms with Crippen LogP contribution < -0.4 is 0 Å². The lowest BCUT2D eigenvalue weighted by Gasteiger charge is -2.44. The molecule has 0 radical (unpaired) electrons. The highest BCUT2D eigenvalue weighted by Gasteiger charge is 2.41. The first-order valence-corrected chi connectivity index (χ1v) is 10.5. The lowest BCUT2D eigenvalue weighted by atomic mass is 9.67. The summed E-state index contributed by atoms with van der Waals surface area (Å²) in [6.07, 6.45) is 5.96. The minimum absolute atomic E-state index is 0.322. The molecule has 1 aliphatic carbocycles. The van der Waals surface area contributed by atoms with Gasteiger partial charge in [-0.3, -0.25) is 0 Å². The van der Waals surface area contributed by atoms with E-state index in [2.05, 4.69) is 61.5 Å². The molecule has 0 saturated heterocycles. The predicted octanol–water partition coefficient (Wildman–Crippen LogP) is 5.22. The Balaban J connectivity index is 1.65. The smallest absolute Gasteiger partial charge is 0.0691 e.